The number of hydrogen-bond donors (Lipinski definition) is 1. The average Bonchev–Trinajstić information content (AvgIpc) is 2.46. The summed E-state index contributed by atoms with van der Waals surface area (Å²) < 4.78 is 2.12. The minimum atomic E-state index is -0.0502. The molecule has 0 fully saturated rings. The van der Waals surface area contributed by atoms with Crippen molar-refractivity contribution < 1.29 is 0 Å². The SMILES string of the molecule is CCCCn1ncc(NCCCCCSC)c(Br)c1=O. The zero-order valence-electron chi connectivity index (χ0n) is 12.3. The number of anilines is 1. The van der Waals surface area contributed by atoms with Gasteiger partial charge in [0.05, 0.1) is 11.9 Å². The number of nitrogens with one attached hydrogen (secondary N) is 1. The van der Waals surface area contributed by atoms with Crippen molar-refractivity contribution in [3.05, 3.63) is 21.0 Å². The minimum absolute atomic E-state index is 0.0502. The maximum atomic E-state index is 12.1. The lowest BCUT2D eigenvalue weighted by Crippen LogP contribution is -2.24. The first-order valence-electron chi connectivity index (χ1n) is 7.19. The maximum Gasteiger partial charge on any atom is 0.283 e. The normalized spacial score (nSPS) is 10.8. The van der Waals surface area contributed by atoms with Gasteiger partial charge in [-0.2, -0.15) is 16.9 Å². The number of rotatable bonds is 10. The summed E-state index contributed by atoms with van der Waals surface area (Å²) in [6, 6.07) is 0. The second-order valence-electron chi connectivity index (χ2n) is 4.73. The second-order valence-corrected chi connectivity index (χ2v) is 6.51. The smallest absolute Gasteiger partial charge is 0.283 e. The standard InChI is InChI=1S/C14H24BrN3OS/c1-3-4-9-18-14(19)13(15)12(11-17-18)16-8-6-5-7-10-20-2/h11,16H,3-10H2,1-2H3. The highest BCUT2D eigenvalue weighted by Crippen LogP contribution is 2.16. The number of unbranched alkanes of at least 4 members (excludes halogenated alkanes) is 3. The fourth-order valence-corrected chi connectivity index (χ4v) is 2.77. The quantitative estimate of drug-likeness (QED) is 0.644. The fourth-order valence-electron chi connectivity index (χ4n) is 1.83. The molecule has 0 atom stereocenters. The van der Waals surface area contributed by atoms with Crippen LogP contribution in [-0.4, -0.2) is 28.3 Å². The molecule has 0 saturated heterocycles. The van der Waals surface area contributed by atoms with E-state index in [-0.39, 0.29) is 5.56 Å². The van der Waals surface area contributed by atoms with E-state index in [2.05, 4.69) is 39.5 Å². The third kappa shape index (κ3) is 5.87. The minimum Gasteiger partial charge on any atom is -0.383 e. The Morgan fingerprint density at radius 2 is 2.15 bits per heavy atom. The largest absolute Gasteiger partial charge is 0.383 e. The van der Waals surface area contributed by atoms with E-state index in [0.29, 0.717) is 11.0 Å². The predicted octanol–water partition coefficient (Wildman–Crippen LogP) is 3.75. The van der Waals surface area contributed by atoms with Crippen LogP contribution in [0.5, 0.6) is 0 Å². The van der Waals surface area contributed by atoms with Gasteiger partial charge in [0.1, 0.15) is 4.47 Å². The molecule has 20 heavy (non-hydrogen) atoms. The number of nitrogens with zero attached hydrogens (tertiary/aromatic N) is 2. The summed E-state index contributed by atoms with van der Waals surface area (Å²) in [7, 11) is 0. The highest BCUT2D eigenvalue weighted by atomic mass is 79.9. The van der Waals surface area contributed by atoms with Crippen LogP contribution in [-0.2, 0) is 6.54 Å². The molecule has 0 bridgehead atoms. The molecule has 0 aliphatic rings. The Morgan fingerprint density at radius 3 is 2.85 bits per heavy atom. The van der Waals surface area contributed by atoms with Gasteiger partial charge in [0.15, 0.2) is 0 Å². The van der Waals surface area contributed by atoms with Crippen molar-refractivity contribution in [1.82, 2.24) is 9.78 Å². The molecule has 6 heteroatoms. The summed E-state index contributed by atoms with van der Waals surface area (Å²) in [5.41, 5.74) is 0.749. The lowest BCUT2D eigenvalue weighted by atomic mass is 10.2. The van der Waals surface area contributed by atoms with E-state index >= 15 is 0 Å². The van der Waals surface area contributed by atoms with Gasteiger partial charge in [0.2, 0.25) is 0 Å². The Bertz CT molecular complexity index is 451. The molecule has 0 aliphatic carbocycles. The summed E-state index contributed by atoms with van der Waals surface area (Å²) >= 11 is 5.26. The monoisotopic (exact) mass is 361 g/mol. The zero-order valence-corrected chi connectivity index (χ0v) is 14.7. The highest BCUT2D eigenvalue weighted by Gasteiger charge is 2.07. The molecular formula is C14H24BrN3OS. The van der Waals surface area contributed by atoms with Gasteiger partial charge in [-0.3, -0.25) is 4.79 Å². The number of halogens is 1. The third-order valence-corrected chi connectivity index (χ3v) is 4.51. The van der Waals surface area contributed by atoms with Crippen LogP contribution in [0.2, 0.25) is 0 Å². The van der Waals surface area contributed by atoms with Gasteiger partial charge in [-0.05, 0) is 47.2 Å². The number of thioether (sulfide) groups is 1. The maximum absolute atomic E-state index is 12.1. The van der Waals surface area contributed by atoms with E-state index in [1.54, 1.807) is 6.20 Å². The molecule has 1 aromatic heterocycles. The summed E-state index contributed by atoms with van der Waals surface area (Å²) in [6.07, 6.45) is 9.49. The average molecular weight is 362 g/mol. The van der Waals surface area contributed by atoms with Gasteiger partial charge in [-0.15, -0.1) is 0 Å². The molecule has 0 unspecified atom stereocenters. The first kappa shape index (κ1) is 17.6. The van der Waals surface area contributed by atoms with Crippen LogP contribution < -0.4 is 10.9 Å². The van der Waals surface area contributed by atoms with Crippen molar-refractivity contribution in [1.29, 1.82) is 0 Å². The first-order chi connectivity index (χ1) is 9.70. The van der Waals surface area contributed by atoms with Gasteiger partial charge >= 0.3 is 0 Å². The molecule has 4 nitrogen and oxygen atoms in total. The zero-order chi connectivity index (χ0) is 14.8. The molecule has 114 valence electrons. The molecule has 1 heterocycles. The molecule has 0 amide bonds. The summed E-state index contributed by atoms with van der Waals surface area (Å²) in [5, 5.41) is 7.50. The summed E-state index contributed by atoms with van der Waals surface area (Å²) in [5.74, 6) is 1.22. The van der Waals surface area contributed by atoms with Crippen molar-refractivity contribution in [2.75, 3.05) is 23.9 Å². The van der Waals surface area contributed by atoms with Crippen molar-refractivity contribution >= 4 is 33.4 Å². The van der Waals surface area contributed by atoms with Crippen molar-refractivity contribution in [2.24, 2.45) is 0 Å². The Morgan fingerprint density at radius 1 is 1.35 bits per heavy atom. The van der Waals surface area contributed by atoms with E-state index in [4.69, 9.17) is 0 Å². The Hall–Kier alpha value is -0.490. The van der Waals surface area contributed by atoms with Crippen LogP contribution in [0.25, 0.3) is 0 Å². The Balaban J connectivity index is 2.47. The number of hydrogen-bond acceptors (Lipinski definition) is 4. The van der Waals surface area contributed by atoms with Crippen molar-refractivity contribution in [2.45, 2.75) is 45.6 Å². The van der Waals surface area contributed by atoms with E-state index < -0.39 is 0 Å². The third-order valence-electron chi connectivity index (χ3n) is 3.05. The summed E-state index contributed by atoms with van der Waals surface area (Å²) in [6.45, 7) is 3.67. The fraction of sp³-hybridized carbons (Fsp3) is 0.714. The summed E-state index contributed by atoms with van der Waals surface area (Å²) in [4.78, 5) is 12.1. The van der Waals surface area contributed by atoms with Gasteiger partial charge < -0.3 is 5.32 Å². The second kappa shape index (κ2) is 10.3. The molecule has 0 aromatic carbocycles. The van der Waals surface area contributed by atoms with Crippen LogP contribution in [0.4, 0.5) is 5.69 Å². The van der Waals surface area contributed by atoms with Crippen LogP contribution in [0.15, 0.2) is 15.5 Å². The topological polar surface area (TPSA) is 46.9 Å². The van der Waals surface area contributed by atoms with Gasteiger partial charge in [0.25, 0.3) is 5.56 Å². The Kier molecular flexibility index (Phi) is 9.02. The van der Waals surface area contributed by atoms with Crippen LogP contribution >= 0.6 is 27.7 Å². The Labute approximate surface area is 133 Å². The lowest BCUT2D eigenvalue weighted by molar-refractivity contribution is 0.541. The molecule has 0 radical (unpaired) electrons. The number of aryl methyl sites for hydroxylation is 1. The predicted molar refractivity (Wildman–Crippen MR) is 91.8 cm³/mol. The molecule has 0 spiro atoms. The van der Waals surface area contributed by atoms with Crippen LogP contribution in [0, 0.1) is 0 Å². The van der Waals surface area contributed by atoms with Crippen molar-refractivity contribution in [3.63, 3.8) is 0 Å². The lowest BCUT2D eigenvalue weighted by Gasteiger charge is -2.10. The van der Waals surface area contributed by atoms with E-state index in [0.717, 1.165) is 31.5 Å². The van der Waals surface area contributed by atoms with Gasteiger partial charge in [0, 0.05) is 13.1 Å². The first-order valence-corrected chi connectivity index (χ1v) is 9.37. The number of aromatic nitrogens is 2. The van der Waals surface area contributed by atoms with Crippen LogP contribution in [0.1, 0.15) is 39.0 Å². The molecule has 0 saturated carbocycles. The van der Waals surface area contributed by atoms with Crippen molar-refractivity contribution in [3.8, 4) is 0 Å². The molecule has 1 rings (SSSR count). The van der Waals surface area contributed by atoms with E-state index in [9.17, 15) is 4.79 Å². The molecule has 1 aromatic rings. The van der Waals surface area contributed by atoms with Gasteiger partial charge in [-0.25, -0.2) is 4.68 Å². The molecular weight excluding hydrogens is 338 g/mol. The van der Waals surface area contributed by atoms with E-state index in [1.807, 2.05) is 11.8 Å². The van der Waals surface area contributed by atoms with E-state index in [1.165, 1.54) is 23.3 Å². The highest BCUT2D eigenvalue weighted by molar-refractivity contribution is 9.10. The van der Waals surface area contributed by atoms with Crippen LogP contribution in [0.3, 0.4) is 0 Å². The molecule has 1 N–H and O–H groups in total. The van der Waals surface area contributed by atoms with Gasteiger partial charge in [-0.1, -0.05) is 19.8 Å². The molecule has 0 aliphatic heterocycles.